The van der Waals surface area contributed by atoms with Crippen LogP contribution in [0.3, 0.4) is 0 Å². The molecule has 10 heavy (non-hydrogen) atoms. The fourth-order valence-corrected chi connectivity index (χ4v) is 0.253. The third kappa shape index (κ3) is 9.94. The zero-order valence-electron chi connectivity index (χ0n) is 6.62. The molecule has 0 aliphatic heterocycles. The first kappa shape index (κ1) is 11.6. The Morgan fingerprint density at radius 3 is 1.50 bits per heavy atom. The van der Waals surface area contributed by atoms with Gasteiger partial charge < -0.3 is 0 Å². The number of hydrogen-bond donors (Lipinski definition) is 0. The predicted octanol–water partition coefficient (Wildman–Crippen LogP) is 2.31. The van der Waals surface area contributed by atoms with Crippen molar-refractivity contribution in [2.75, 3.05) is 0 Å². The van der Waals surface area contributed by atoms with Crippen molar-refractivity contribution in [3.05, 3.63) is 37.9 Å². The van der Waals surface area contributed by atoms with E-state index in [9.17, 15) is 0 Å². The van der Waals surface area contributed by atoms with Gasteiger partial charge in [0.15, 0.2) is 0 Å². The van der Waals surface area contributed by atoms with E-state index in [1.54, 1.807) is 18.5 Å². The summed E-state index contributed by atoms with van der Waals surface area (Å²) in [5, 5.41) is 0. The predicted molar refractivity (Wildman–Crippen MR) is 44.6 cm³/mol. The third-order valence-electron chi connectivity index (χ3n) is 0.478. The minimum Gasteiger partial charge on any atom is -0.245 e. The van der Waals surface area contributed by atoms with E-state index in [2.05, 4.69) is 23.1 Å². The van der Waals surface area contributed by atoms with Crippen molar-refractivity contribution in [1.82, 2.24) is 9.97 Å². The van der Waals surface area contributed by atoms with Gasteiger partial charge in [0.25, 0.3) is 0 Å². The molecular weight excluding hydrogens is 124 g/mol. The van der Waals surface area contributed by atoms with Crippen molar-refractivity contribution in [3.8, 4) is 0 Å². The second-order valence-corrected chi connectivity index (χ2v) is 0.904. The highest BCUT2D eigenvalue weighted by Gasteiger charge is 1.59. The highest BCUT2D eigenvalue weighted by Crippen LogP contribution is 1.66. The Hall–Kier alpha value is -1.18. The van der Waals surface area contributed by atoms with Gasteiger partial charge in [0.2, 0.25) is 0 Å². The summed E-state index contributed by atoms with van der Waals surface area (Å²) >= 11 is 0. The van der Waals surface area contributed by atoms with E-state index in [-0.39, 0.29) is 0 Å². The van der Waals surface area contributed by atoms with Crippen LogP contribution in [0.15, 0.2) is 37.9 Å². The summed E-state index contributed by atoms with van der Waals surface area (Å²) in [7, 11) is 0. The molecule has 0 aliphatic rings. The Morgan fingerprint density at radius 1 is 1.00 bits per heavy atom. The lowest BCUT2D eigenvalue weighted by Crippen LogP contribution is -1.66. The van der Waals surface area contributed by atoms with Crippen LogP contribution in [0.1, 0.15) is 13.8 Å². The van der Waals surface area contributed by atoms with Gasteiger partial charge in [-0.1, -0.05) is 13.8 Å². The van der Waals surface area contributed by atoms with Crippen molar-refractivity contribution in [2.45, 2.75) is 13.8 Å². The highest BCUT2D eigenvalue weighted by atomic mass is 14.8. The van der Waals surface area contributed by atoms with E-state index in [4.69, 9.17) is 0 Å². The Labute approximate surface area is 62.7 Å². The molecule has 0 aromatic carbocycles. The fourth-order valence-electron chi connectivity index (χ4n) is 0.253. The molecule has 0 aliphatic carbocycles. The molecule has 2 heteroatoms. The average molecular weight is 138 g/mol. The zero-order chi connectivity index (χ0) is 8.24. The normalized spacial score (nSPS) is 5.80. The van der Waals surface area contributed by atoms with Gasteiger partial charge in [-0.3, -0.25) is 0 Å². The van der Waals surface area contributed by atoms with E-state index >= 15 is 0 Å². The van der Waals surface area contributed by atoms with Gasteiger partial charge in [-0.25, -0.2) is 9.97 Å². The molecule has 0 saturated heterocycles. The first-order valence-corrected chi connectivity index (χ1v) is 3.20. The van der Waals surface area contributed by atoms with Gasteiger partial charge in [0.05, 0.1) is 0 Å². The Morgan fingerprint density at radius 2 is 1.40 bits per heavy atom. The molecule has 1 aromatic heterocycles. The van der Waals surface area contributed by atoms with Crippen LogP contribution in [0.2, 0.25) is 0 Å². The summed E-state index contributed by atoms with van der Waals surface area (Å²) in [5.41, 5.74) is 0. The lowest BCUT2D eigenvalue weighted by Gasteiger charge is -1.70. The second kappa shape index (κ2) is 15.7. The van der Waals surface area contributed by atoms with Crippen LogP contribution in [-0.2, 0) is 0 Å². The number of hydrogen-bond acceptors (Lipinski definition) is 2. The minimum absolute atomic E-state index is 1.50. The van der Waals surface area contributed by atoms with E-state index in [0.29, 0.717) is 0 Å². The van der Waals surface area contributed by atoms with Crippen LogP contribution in [-0.4, -0.2) is 9.97 Å². The Kier molecular flexibility index (Phi) is 18.2. The summed E-state index contributed by atoms with van der Waals surface area (Å²) in [5.74, 6) is 0. The molecule has 0 saturated carbocycles. The molecular formula is C8H14N2. The fraction of sp³-hybridized carbons (Fsp3) is 0.250. The molecule has 0 amide bonds. The molecule has 0 unspecified atom stereocenters. The maximum absolute atomic E-state index is 3.67. The SMILES string of the molecule is C=C.CC.c1cncnc1. The second-order valence-electron chi connectivity index (χ2n) is 0.904. The topological polar surface area (TPSA) is 25.8 Å². The van der Waals surface area contributed by atoms with Crippen molar-refractivity contribution >= 4 is 0 Å². The molecule has 0 atom stereocenters. The standard InChI is InChI=1S/C4H4N2.C2H6.C2H4/c1-2-5-4-6-3-1;2*1-2/h1-4H;1-2H3;1-2H2. The van der Waals surface area contributed by atoms with Gasteiger partial charge in [-0.05, 0) is 6.07 Å². The molecule has 2 nitrogen and oxygen atoms in total. The van der Waals surface area contributed by atoms with Crippen LogP contribution in [0.5, 0.6) is 0 Å². The number of rotatable bonds is 0. The molecule has 1 aromatic rings. The van der Waals surface area contributed by atoms with Crippen molar-refractivity contribution < 1.29 is 0 Å². The first-order valence-electron chi connectivity index (χ1n) is 3.20. The van der Waals surface area contributed by atoms with Gasteiger partial charge >= 0.3 is 0 Å². The molecule has 0 bridgehead atoms. The maximum Gasteiger partial charge on any atom is 0.115 e. The monoisotopic (exact) mass is 138 g/mol. The van der Waals surface area contributed by atoms with Crippen molar-refractivity contribution in [3.63, 3.8) is 0 Å². The zero-order valence-corrected chi connectivity index (χ0v) is 6.62. The molecule has 1 rings (SSSR count). The van der Waals surface area contributed by atoms with Crippen LogP contribution in [0.25, 0.3) is 0 Å². The molecule has 0 radical (unpaired) electrons. The quantitative estimate of drug-likeness (QED) is 0.514. The van der Waals surface area contributed by atoms with Crippen LogP contribution in [0.4, 0.5) is 0 Å². The first-order chi connectivity index (χ1) is 5.00. The minimum atomic E-state index is 1.50. The van der Waals surface area contributed by atoms with E-state index in [1.165, 1.54) is 6.33 Å². The van der Waals surface area contributed by atoms with Gasteiger partial charge in [-0.15, -0.1) is 13.2 Å². The van der Waals surface area contributed by atoms with Gasteiger partial charge in [0, 0.05) is 12.4 Å². The molecule has 0 N–H and O–H groups in total. The maximum atomic E-state index is 3.67. The van der Waals surface area contributed by atoms with Crippen LogP contribution >= 0.6 is 0 Å². The number of aromatic nitrogens is 2. The van der Waals surface area contributed by atoms with Crippen LogP contribution in [0, 0.1) is 0 Å². The van der Waals surface area contributed by atoms with Gasteiger partial charge in [0.1, 0.15) is 6.33 Å². The summed E-state index contributed by atoms with van der Waals surface area (Å²) in [6.45, 7) is 10.0. The molecule has 56 valence electrons. The van der Waals surface area contributed by atoms with Gasteiger partial charge in [-0.2, -0.15) is 0 Å². The Bertz CT molecular complexity index is 90.1. The van der Waals surface area contributed by atoms with Crippen LogP contribution < -0.4 is 0 Å². The largest absolute Gasteiger partial charge is 0.245 e. The van der Waals surface area contributed by atoms with Crippen molar-refractivity contribution in [2.24, 2.45) is 0 Å². The third-order valence-corrected chi connectivity index (χ3v) is 0.478. The Balaban J connectivity index is 0. The summed E-state index contributed by atoms with van der Waals surface area (Å²) in [4.78, 5) is 7.35. The molecule has 0 spiro atoms. The molecule has 1 heterocycles. The average Bonchev–Trinajstić information content (AvgIpc) is 2.14. The lowest BCUT2D eigenvalue weighted by molar-refractivity contribution is 1.17. The summed E-state index contributed by atoms with van der Waals surface area (Å²) < 4.78 is 0. The lowest BCUT2D eigenvalue weighted by atomic mass is 10.7. The number of nitrogens with zero attached hydrogens (tertiary/aromatic N) is 2. The summed E-state index contributed by atoms with van der Waals surface area (Å²) in [6.07, 6.45) is 4.88. The highest BCUT2D eigenvalue weighted by molar-refractivity contribution is 4.74. The summed E-state index contributed by atoms with van der Waals surface area (Å²) in [6, 6.07) is 1.78. The van der Waals surface area contributed by atoms with Crippen molar-refractivity contribution in [1.29, 1.82) is 0 Å². The van der Waals surface area contributed by atoms with E-state index in [1.807, 2.05) is 13.8 Å². The molecule has 0 fully saturated rings. The smallest absolute Gasteiger partial charge is 0.115 e. The van der Waals surface area contributed by atoms with E-state index < -0.39 is 0 Å². The van der Waals surface area contributed by atoms with E-state index in [0.717, 1.165) is 0 Å².